The van der Waals surface area contributed by atoms with E-state index in [0.29, 0.717) is 17.1 Å². The van der Waals surface area contributed by atoms with Crippen molar-refractivity contribution in [3.8, 4) is 11.4 Å². The first-order chi connectivity index (χ1) is 18.6. The molecule has 1 atom stereocenters. The van der Waals surface area contributed by atoms with Crippen molar-refractivity contribution in [2.24, 2.45) is 5.41 Å². The smallest absolute Gasteiger partial charge is 0.357 e. The predicted octanol–water partition coefficient (Wildman–Crippen LogP) is 3.66. The van der Waals surface area contributed by atoms with Crippen LogP contribution in [-0.2, 0) is 34.1 Å². The molecule has 0 saturated carbocycles. The minimum Gasteiger partial charge on any atom is -0.357 e. The number of nitrogens with zero attached hydrogens (tertiary/aromatic N) is 3. The maximum Gasteiger partial charge on any atom is 0.416 e. The number of halogens is 3. The fraction of sp³-hybridized carbons (Fsp3) is 0.370. The van der Waals surface area contributed by atoms with E-state index in [4.69, 9.17) is 0 Å². The highest BCUT2D eigenvalue weighted by Crippen LogP contribution is 2.32. The molecule has 0 bridgehead atoms. The van der Waals surface area contributed by atoms with Crippen LogP contribution in [0, 0.1) is 5.41 Å². The van der Waals surface area contributed by atoms with Gasteiger partial charge in [-0.15, -0.1) is 0 Å². The van der Waals surface area contributed by atoms with Crippen molar-refractivity contribution in [1.82, 2.24) is 24.5 Å². The van der Waals surface area contributed by atoms with Gasteiger partial charge in [0.05, 0.1) is 22.7 Å². The van der Waals surface area contributed by atoms with Crippen molar-refractivity contribution in [2.45, 2.75) is 51.0 Å². The van der Waals surface area contributed by atoms with Gasteiger partial charge >= 0.3 is 6.18 Å². The van der Waals surface area contributed by atoms with E-state index < -0.39 is 45.0 Å². The number of fused-ring (bicyclic) bond motifs is 1. The summed E-state index contributed by atoms with van der Waals surface area (Å²) in [6.07, 6.45) is -4.60. The highest BCUT2D eigenvalue weighted by Gasteiger charge is 2.37. The molecular weight excluding hydrogens is 547 g/mol. The van der Waals surface area contributed by atoms with Gasteiger partial charge in [-0.1, -0.05) is 51.1 Å². The van der Waals surface area contributed by atoms with Crippen LogP contribution in [0.1, 0.15) is 42.5 Å². The van der Waals surface area contributed by atoms with Gasteiger partial charge < -0.3 is 15.2 Å². The summed E-state index contributed by atoms with van der Waals surface area (Å²) >= 11 is 0. The molecule has 0 unspecified atom stereocenters. The number of carbonyl (C=O) groups is 2. The lowest BCUT2D eigenvalue weighted by molar-refractivity contribution is -0.137. The summed E-state index contributed by atoms with van der Waals surface area (Å²) < 4.78 is 68.7. The van der Waals surface area contributed by atoms with Crippen molar-refractivity contribution in [1.29, 1.82) is 0 Å². The normalized spacial score (nSPS) is 15.3. The van der Waals surface area contributed by atoms with Crippen LogP contribution in [0.3, 0.4) is 0 Å². The Morgan fingerprint density at radius 3 is 2.15 bits per heavy atom. The zero-order valence-corrected chi connectivity index (χ0v) is 23.2. The third-order valence-corrected chi connectivity index (χ3v) is 8.55. The third-order valence-electron chi connectivity index (χ3n) is 6.69. The molecule has 3 aromatic rings. The van der Waals surface area contributed by atoms with E-state index in [1.54, 1.807) is 25.3 Å². The number of carbonyl (C=O) groups excluding carboxylic acids is 2. The molecule has 0 radical (unpaired) electrons. The Bertz CT molecular complexity index is 1510. The average Bonchev–Trinajstić information content (AvgIpc) is 3.30. The van der Waals surface area contributed by atoms with Gasteiger partial charge in [0.1, 0.15) is 11.9 Å². The van der Waals surface area contributed by atoms with Crippen LogP contribution >= 0.6 is 0 Å². The highest BCUT2D eigenvalue weighted by atomic mass is 32.2. The van der Waals surface area contributed by atoms with Gasteiger partial charge in [0.15, 0.2) is 5.69 Å². The molecule has 40 heavy (non-hydrogen) atoms. The van der Waals surface area contributed by atoms with Crippen molar-refractivity contribution in [3.63, 3.8) is 0 Å². The number of likely N-dealkylation sites (N-methyl/N-ethyl adjacent to an activating group) is 1. The van der Waals surface area contributed by atoms with Crippen LogP contribution in [0.25, 0.3) is 11.4 Å². The van der Waals surface area contributed by atoms with E-state index in [0.717, 1.165) is 28.6 Å². The molecule has 13 heteroatoms. The number of hydrogen-bond donors (Lipinski definition) is 2. The molecule has 2 aromatic carbocycles. The number of amides is 2. The topological polar surface area (TPSA) is 113 Å². The highest BCUT2D eigenvalue weighted by molar-refractivity contribution is 7.89. The third kappa shape index (κ3) is 5.75. The molecular formula is C27H30F3N5O4S. The quantitative estimate of drug-likeness (QED) is 0.464. The number of aromatic nitrogens is 2. The SMILES string of the molecule is CNC(=O)[C@H](NC(=O)c1nc(-c2ccccc2)n2c1CN(S(=O)(=O)c1ccc(C(F)(F)F)cc1)CC2)C(C)(C)C. The van der Waals surface area contributed by atoms with Gasteiger partial charge in [-0.3, -0.25) is 9.59 Å². The van der Waals surface area contributed by atoms with Crippen molar-refractivity contribution in [2.75, 3.05) is 13.6 Å². The van der Waals surface area contributed by atoms with Gasteiger partial charge in [0.2, 0.25) is 15.9 Å². The maximum absolute atomic E-state index is 13.6. The number of sulfonamides is 1. The van der Waals surface area contributed by atoms with Crippen LogP contribution in [0.2, 0.25) is 0 Å². The Kier molecular flexibility index (Phi) is 7.83. The summed E-state index contributed by atoms with van der Waals surface area (Å²) in [5, 5.41) is 5.29. The van der Waals surface area contributed by atoms with E-state index in [-0.39, 0.29) is 30.2 Å². The molecule has 1 aliphatic heterocycles. The number of nitrogens with one attached hydrogen (secondary N) is 2. The molecule has 0 spiro atoms. The second-order valence-corrected chi connectivity index (χ2v) is 12.4. The molecule has 2 N–H and O–H groups in total. The molecule has 0 saturated heterocycles. The first-order valence-electron chi connectivity index (χ1n) is 12.5. The fourth-order valence-electron chi connectivity index (χ4n) is 4.52. The van der Waals surface area contributed by atoms with Gasteiger partial charge in [0, 0.05) is 25.7 Å². The summed E-state index contributed by atoms with van der Waals surface area (Å²) in [6.45, 7) is 5.30. The Labute approximate surface area is 230 Å². The second kappa shape index (κ2) is 10.7. The Morgan fingerprint density at radius 2 is 1.60 bits per heavy atom. The number of benzene rings is 2. The summed E-state index contributed by atoms with van der Waals surface area (Å²) in [5.41, 5.74) is -0.623. The zero-order valence-electron chi connectivity index (χ0n) is 22.4. The molecule has 2 heterocycles. The van der Waals surface area contributed by atoms with Gasteiger partial charge in [-0.2, -0.15) is 17.5 Å². The van der Waals surface area contributed by atoms with E-state index in [9.17, 15) is 31.2 Å². The van der Waals surface area contributed by atoms with E-state index in [1.165, 1.54) is 7.05 Å². The van der Waals surface area contributed by atoms with Gasteiger partial charge in [-0.05, 0) is 29.7 Å². The summed E-state index contributed by atoms with van der Waals surface area (Å²) in [7, 11) is -2.74. The van der Waals surface area contributed by atoms with Crippen molar-refractivity contribution in [3.05, 3.63) is 71.5 Å². The lowest BCUT2D eigenvalue weighted by Crippen LogP contribution is -2.53. The lowest BCUT2D eigenvalue weighted by atomic mass is 9.86. The van der Waals surface area contributed by atoms with Crippen LogP contribution in [0.5, 0.6) is 0 Å². The molecule has 0 aliphatic carbocycles. The molecule has 0 fully saturated rings. The lowest BCUT2D eigenvalue weighted by Gasteiger charge is -2.30. The molecule has 9 nitrogen and oxygen atoms in total. The first-order valence-corrected chi connectivity index (χ1v) is 13.9. The standard InChI is InChI=1S/C27H30F3N5O4S/c1-26(2,3)22(25(37)31-4)33-24(36)21-20-16-34(14-15-35(20)23(32-21)17-8-6-5-7-9-17)40(38,39)19-12-10-18(11-13-19)27(28,29)30/h5-13,22H,14-16H2,1-4H3,(H,31,37)(H,33,36)/t22-/m0/s1. The largest absolute Gasteiger partial charge is 0.416 e. The Balaban J connectivity index is 1.73. The average molecular weight is 578 g/mol. The number of hydrogen-bond acceptors (Lipinski definition) is 5. The number of alkyl halides is 3. The summed E-state index contributed by atoms with van der Waals surface area (Å²) in [6, 6.07) is 11.4. The van der Waals surface area contributed by atoms with Crippen LogP contribution in [0.15, 0.2) is 59.5 Å². The van der Waals surface area contributed by atoms with E-state index >= 15 is 0 Å². The minimum absolute atomic E-state index is 0.0104. The number of imidazole rings is 1. The molecule has 214 valence electrons. The molecule has 1 aliphatic rings. The monoisotopic (exact) mass is 577 g/mol. The Hall–Kier alpha value is -3.71. The number of rotatable bonds is 6. The Morgan fingerprint density at radius 1 is 0.975 bits per heavy atom. The van der Waals surface area contributed by atoms with E-state index in [2.05, 4.69) is 15.6 Å². The zero-order chi connectivity index (χ0) is 29.5. The van der Waals surface area contributed by atoms with Crippen LogP contribution in [0.4, 0.5) is 13.2 Å². The van der Waals surface area contributed by atoms with Crippen molar-refractivity contribution >= 4 is 21.8 Å². The second-order valence-electron chi connectivity index (χ2n) is 10.5. The van der Waals surface area contributed by atoms with Crippen LogP contribution < -0.4 is 10.6 Å². The summed E-state index contributed by atoms with van der Waals surface area (Å²) in [5.74, 6) is -0.591. The van der Waals surface area contributed by atoms with Crippen LogP contribution in [-0.4, -0.2) is 53.7 Å². The predicted molar refractivity (Wildman–Crippen MR) is 141 cm³/mol. The van der Waals surface area contributed by atoms with Crippen molar-refractivity contribution < 1.29 is 31.2 Å². The minimum atomic E-state index is -4.60. The van der Waals surface area contributed by atoms with E-state index in [1.807, 2.05) is 30.3 Å². The molecule has 2 amide bonds. The van der Waals surface area contributed by atoms with Gasteiger partial charge in [-0.25, -0.2) is 13.4 Å². The van der Waals surface area contributed by atoms with Gasteiger partial charge in [0.25, 0.3) is 5.91 Å². The molecule has 4 rings (SSSR count). The first kappa shape index (κ1) is 29.3. The summed E-state index contributed by atoms with van der Waals surface area (Å²) in [4.78, 5) is 30.4. The fourth-order valence-corrected chi connectivity index (χ4v) is 5.92. The maximum atomic E-state index is 13.6. The molecule has 1 aromatic heterocycles.